The first-order valence-corrected chi connectivity index (χ1v) is 9.52. The lowest BCUT2D eigenvalue weighted by molar-refractivity contribution is -0.119. The number of nitrogens with one attached hydrogen (secondary N) is 1. The predicted octanol–water partition coefficient (Wildman–Crippen LogP) is 5.03. The van der Waals surface area contributed by atoms with E-state index in [2.05, 4.69) is 69.4 Å². The number of amides is 1. The Bertz CT molecular complexity index is 704. The van der Waals surface area contributed by atoms with Crippen LogP contribution in [-0.4, -0.2) is 11.7 Å². The van der Waals surface area contributed by atoms with Gasteiger partial charge >= 0.3 is 0 Å². The SMILES string of the molecule is Cc1cc(C)cc(CSCC(=O)N[C@@H](C)c2ccc(C)cc2C)c1. The molecular weight excluding hydrogens is 314 g/mol. The second-order valence-corrected chi connectivity index (χ2v) is 7.62. The molecule has 0 unspecified atom stereocenters. The van der Waals surface area contributed by atoms with Crippen molar-refractivity contribution >= 4 is 17.7 Å². The molecule has 3 heteroatoms. The van der Waals surface area contributed by atoms with Crippen LogP contribution in [0.3, 0.4) is 0 Å². The quantitative estimate of drug-likeness (QED) is 0.798. The largest absolute Gasteiger partial charge is 0.349 e. The highest BCUT2D eigenvalue weighted by Crippen LogP contribution is 2.19. The molecule has 0 heterocycles. The molecule has 24 heavy (non-hydrogen) atoms. The molecular formula is C21H27NOS. The smallest absolute Gasteiger partial charge is 0.230 e. The van der Waals surface area contributed by atoms with Crippen molar-refractivity contribution in [3.8, 4) is 0 Å². The highest BCUT2D eigenvalue weighted by molar-refractivity contribution is 7.99. The fraction of sp³-hybridized carbons (Fsp3) is 0.381. The zero-order chi connectivity index (χ0) is 17.7. The number of rotatable bonds is 6. The van der Waals surface area contributed by atoms with Crippen LogP contribution in [0.2, 0.25) is 0 Å². The van der Waals surface area contributed by atoms with E-state index in [4.69, 9.17) is 0 Å². The van der Waals surface area contributed by atoms with Gasteiger partial charge in [-0.05, 0) is 51.3 Å². The van der Waals surface area contributed by atoms with Crippen molar-refractivity contribution in [3.05, 3.63) is 69.8 Å². The summed E-state index contributed by atoms with van der Waals surface area (Å²) in [5.41, 5.74) is 7.50. The van der Waals surface area contributed by atoms with Crippen LogP contribution >= 0.6 is 11.8 Å². The predicted molar refractivity (Wildman–Crippen MR) is 105 cm³/mol. The average Bonchev–Trinajstić information content (AvgIpc) is 2.45. The zero-order valence-electron chi connectivity index (χ0n) is 15.3. The Kier molecular flexibility index (Phi) is 6.50. The summed E-state index contributed by atoms with van der Waals surface area (Å²) in [6.07, 6.45) is 0. The third-order valence-electron chi connectivity index (χ3n) is 4.05. The van der Waals surface area contributed by atoms with Crippen LogP contribution < -0.4 is 5.32 Å². The van der Waals surface area contributed by atoms with Gasteiger partial charge in [0.1, 0.15) is 0 Å². The van der Waals surface area contributed by atoms with Crippen molar-refractivity contribution in [1.29, 1.82) is 0 Å². The van der Waals surface area contributed by atoms with E-state index in [1.807, 2.05) is 6.92 Å². The fourth-order valence-corrected chi connectivity index (χ4v) is 3.86. The molecule has 0 aromatic heterocycles. The lowest BCUT2D eigenvalue weighted by atomic mass is 10.0. The third kappa shape index (κ3) is 5.41. The van der Waals surface area contributed by atoms with Gasteiger partial charge in [0, 0.05) is 5.75 Å². The van der Waals surface area contributed by atoms with Crippen molar-refractivity contribution in [2.24, 2.45) is 0 Å². The lowest BCUT2D eigenvalue weighted by Gasteiger charge is -2.17. The standard InChI is InChI=1S/C21H27NOS/c1-14-6-7-20(17(4)9-14)18(5)22-21(23)13-24-12-19-10-15(2)8-16(3)11-19/h6-11,18H,12-13H2,1-5H3,(H,22,23)/t18-/m0/s1. The minimum absolute atomic E-state index is 0.0416. The van der Waals surface area contributed by atoms with E-state index in [0.29, 0.717) is 5.75 Å². The van der Waals surface area contributed by atoms with Crippen LogP contribution in [0.25, 0.3) is 0 Å². The van der Waals surface area contributed by atoms with Gasteiger partial charge in [0.25, 0.3) is 0 Å². The number of benzene rings is 2. The minimum atomic E-state index is 0.0416. The Morgan fingerprint density at radius 1 is 1.00 bits per heavy atom. The molecule has 2 rings (SSSR count). The van der Waals surface area contributed by atoms with Crippen molar-refractivity contribution in [2.75, 3.05) is 5.75 Å². The van der Waals surface area contributed by atoms with Gasteiger partial charge in [-0.15, -0.1) is 11.8 Å². The molecule has 1 N–H and O–H groups in total. The van der Waals surface area contributed by atoms with Crippen molar-refractivity contribution in [3.63, 3.8) is 0 Å². The van der Waals surface area contributed by atoms with Crippen LogP contribution in [0.5, 0.6) is 0 Å². The monoisotopic (exact) mass is 341 g/mol. The normalized spacial score (nSPS) is 12.0. The molecule has 0 spiro atoms. The maximum atomic E-state index is 12.2. The first-order valence-electron chi connectivity index (χ1n) is 8.36. The van der Waals surface area contributed by atoms with Crippen LogP contribution in [0.1, 0.15) is 46.3 Å². The summed E-state index contributed by atoms with van der Waals surface area (Å²) in [4.78, 5) is 12.2. The molecule has 1 atom stereocenters. The van der Waals surface area contributed by atoms with Gasteiger partial charge in [0.2, 0.25) is 5.91 Å². The Balaban J connectivity index is 1.84. The molecule has 0 aliphatic rings. The van der Waals surface area contributed by atoms with Gasteiger partial charge in [-0.25, -0.2) is 0 Å². The molecule has 0 saturated heterocycles. The van der Waals surface area contributed by atoms with E-state index in [-0.39, 0.29) is 11.9 Å². The first kappa shape index (κ1) is 18.6. The van der Waals surface area contributed by atoms with Gasteiger partial charge in [-0.1, -0.05) is 53.1 Å². The molecule has 0 radical (unpaired) electrons. The molecule has 0 fully saturated rings. The first-order chi connectivity index (χ1) is 11.3. The molecule has 0 saturated carbocycles. The minimum Gasteiger partial charge on any atom is -0.349 e. The van der Waals surface area contributed by atoms with E-state index < -0.39 is 0 Å². The Hall–Kier alpha value is -1.74. The summed E-state index contributed by atoms with van der Waals surface area (Å²) in [5.74, 6) is 1.45. The second-order valence-electron chi connectivity index (χ2n) is 6.64. The summed E-state index contributed by atoms with van der Waals surface area (Å²) in [7, 11) is 0. The Morgan fingerprint density at radius 3 is 2.29 bits per heavy atom. The Morgan fingerprint density at radius 2 is 1.67 bits per heavy atom. The molecule has 0 bridgehead atoms. The third-order valence-corrected chi connectivity index (χ3v) is 5.06. The maximum Gasteiger partial charge on any atom is 0.230 e. The number of aryl methyl sites for hydroxylation is 4. The van der Waals surface area contributed by atoms with Gasteiger partial charge in [-0.3, -0.25) is 4.79 Å². The maximum absolute atomic E-state index is 12.2. The summed E-state index contributed by atoms with van der Waals surface area (Å²) in [5, 5.41) is 3.11. The lowest BCUT2D eigenvalue weighted by Crippen LogP contribution is -2.28. The van der Waals surface area contributed by atoms with Crippen LogP contribution in [-0.2, 0) is 10.5 Å². The van der Waals surface area contributed by atoms with Crippen molar-refractivity contribution < 1.29 is 4.79 Å². The van der Waals surface area contributed by atoms with Gasteiger partial charge in [0.15, 0.2) is 0 Å². The summed E-state index contributed by atoms with van der Waals surface area (Å²) < 4.78 is 0. The Labute approximate surface area is 150 Å². The highest BCUT2D eigenvalue weighted by Gasteiger charge is 2.11. The van der Waals surface area contributed by atoms with E-state index in [9.17, 15) is 4.79 Å². The number of hydrogen-bond acceptors (Lipinski definition) is 2. The molecule has 128 valence electrons. The summed E-state index contributed by atoms with van der Waals surface area (Å²) in [6.45, 7) is 10.5. The summed E-state index contributed by atoms with van der Waals surface area (Å²) in [6, 6.07) is 13.0. The van der Waals surface area contributed by atoms with E-state index in [0.717, 1.165) is 5.75 Å². The van der Waals surface area contributed by atoms with Crippen molar-refractivity contribution in [1.82, 2.24) is 5.32 Å². The van der Waals surface area contributed by atoms with Gasteiger partial charge in [0.05, 0.1) is 11.8 Å². The zero-order valence-corrected chi connectivity index (χ0v) is 16.1. The second kappa shape index (κ2) is 8.39. The molecule has 0 aliphatic carbocycles. The molecule has 1 amide bonds. The van der Waals surface area contributed by atoms with Crippen LogP contribution in [0.15, 0.2) is 36.4 Å². The van der Waals surface area contributed by atoms with Crippen LogP contribution in [0, 0.1) is 27.7 Å². The average molecular weight is 342 g/mol. The van der Waals surface area contributed by atoms with Gasteiger partial charge in [-0.2, -0.15) is 0 Å². The molecule has 0 aliphatic heterocycles. The van der Waals surface area contributed by atoms with Crippen LogP contribution in [0.4, 0.5) is 0 Å². The molecule has 2 aromatic carbocycles. The van der Waals surface area contributed by atoms with E-state index >= 15 is 0 Å². The number of carbonyl (C=O) groups excluding carboxylic acids is 1. The number of thioether (sulfide) groups is 1. The van der Waals surface area contributed by atoms with E-state index in [1.165, 1.54) is 33.4 Å². The summed E-state index contributed by atoms with van der Waals surface area (Å²) >= 11 is 1.66. The number of hydrogen-bond donors (Lipinski definition) is 1. The highest BCUT2D eigenvalue weighted by atomic mass is 32.2. The van der Waals surface area contributed by atoms with E-state index in [1.54, 1.807) is 11.8 Å². The topological polar surface area (TPSA) is 29.1 Å². The number of carbonyl (C=O) groups is 1. The molecule has 2 aromatic rings. The van der Waals surface area contributed by atoms with Crippen molar-refractivity contribution in [2.45, 2.75) is 46.4 Å². The molecule has 2 nitrogen and oxygen atoms in total. The van der Waals surface area contributed by atoms with Gasteiger partial charge < -0.3 is 5.32 Å². The fourth-order valence-electron chi connectivity index (χ4n) is 3.09.